The summed E-state index contributed by atoms with van der Waals surface area (Å²) in [7, 11) is 0. The third-order valence-electron chi connectivity index (χ3n) is 2.80. The normalized spacial score (nSPS) is 10.8. The standard InChI is InChI=1S/C13H23BrN4/c1-6-15-12-10(14)11(9(4)5)16-13(17-12)18(7-2)8-3/h9H,6-8H2,1-5H3,(H,15,16,17). The van der Waals surface area contributed by atoms with Crippen molar-refractivity contribution < 1.29 is 0 Å². The Morgan fingerprint density at radius 1 is 1.17 bits per heavy atom. The minimum Gasteiger partial charge on any atom is -0.369 e. The Bertz CT molecular complexity index is 389. The van der Waals surface area contributed by atoms with Crippen LogP contribution in [0.2, 0.25) is 0 Å². The van der Waals surface area contributed by atoms with Crippen LogP contribution in [0.25, 0.3) is 0 Å². The predicted molar refractivity (Wildman–Crippen MR) is 81.5 cm³/mol. The number of aromatic nitrogens is 2. The molecular formula is C13H23BrN4. The highest BCUT2D eigenvalue weighted by atomic mass is 79.9. The van der Waals surface area contributed by atoms with Gasteiger partial charge in [0.1, 0.15) is 5.82 Å². The van der Waals surface area contributed by atoms with Crippen LogP contribution in [0, 0.1) is 0 Å². The second kappa shape index (κ2) is 6.92. The second-order valence-electron chi connectivity index (χ2n) is 4.43. The van der Waals surface area contributed by atoms with Crippen LogP contribution < -0.4 is 10.2 Å². The Labute approximate surface area is 118 Å². The third-order valence-corrected chi connectivity index (χ3v) is 3.58. The molecule has 0 atom stereocenters. The summed E-state index contributed by atoms with van der Waals surface area (Å²) in [5.74, 6) is 2.06. The fraction of sp³-hybridized carbons (Fsp3) is 0.692. The first kappa shape index (κ1) is 15.2. The molecule has 0 aliphatic carbocycles. The lowest BCUT2D eigenvalue weighted by molar-refractivity contribution is 0.769. The summed E-state index contributed by atoms with van der Waals surface area (Å²) in [5, 5.41) is 3.29. The van der Waals surface area contributed by atoms with E-state index < -0.39 is 0 Å². The van der Waals surface area contributed by atoms with Crippen molar-refractivity contribution in [2.45, 2.75) is 40.5 Å². The van der Waals surface area contributed by atoms with Crippen LogP contribution in [0.4, 0.5) is 11.8 Å². The summed E-state index contributed by atoms with van der Waals surface area (Å²) in [6.07, 6.45) is 0. The van der Waals surface area contributed by atoms with Crippen molar-refractivity contribution in [2.75, 3.05) is 29.9 Å². The van der Waals surface area contributed by atoms with E-state index in [-0.39, 0.29) is 0 Å². The van der Waals surface area contributed by atoms with Gasteiger partial charge in [-0.1, -0.05) is 13.8 Å². The molecule has 1 N–H and O–H groups in total. The summed E-state index contributed by atoms with van der Waals surface area (Å²) < 4.78 is 0.982. The molecule has 0 saturated carbocycles. The van der Waals surface area contributed by atoms with Crippen LogP contribution in [0.15, 0.2) is 4.47 Å². The van der Waals surface area contributed by atoms with Gasteiger partial charge < -0.3 is 10.2 Å². The van der Waals surface area contributed by atoms with Crippen LogP contribution in [0.5, 0.6) is 0 Å². The maximum absolute atomic E-state index is 4.68. The molecular weight excluding hydrogens is 292 g/mol. The fourth-order valence-corrected chi connectivity index (χ4v) is 2.54. The van der Waals surface area contributed by atoms with Crippen molar-refractivity contribution in [1.82, 2.24) is 9.97 Å². The van der Waals surface area contributed by atoms with Gasteiger partial charge in [-0.25, -0.2) is 4.98 Å². The molecule has 0 fully saturated rings. The second-order valence-corrected chi connectivity index (χ2v) is 5.22. The largest absolute Gasteiger partial charge is 0.369 e. The first-order valence-corrected chi connectivity index (χ1v) is 7.40. The van der Waals surface area contributed by atoms with Crippen LogP contribution in [-0.2, 0) is 0 Å². The zero-order valence-corrected chi connectivity index (χ0v) is 13.5. The highest BCUT2D eigenvalue weighted by molar-refractivity contribution is 9.10. The number of hydrogen-bond donors (Lipinski definition) is 1. The molecule has 0 aliphatic rings. The van der Waals surface area contributed by atoms with E-state index in [1.165, 1.54) is 0 Å². The highest BCUT2D eigenvalue weighted by Gasteiger charge is 2.16. The van der Waals surface area contributed by atoms with E-state index in [0.29, 0.717) is 5.92 Å². The quantitative estimate of drug-likeness (QED) is 0.870. The van der Waals surface area contributed by atoms with Crippen LogP contribution in [-0.4, -0.2) is 29.6 Å². The zero-order chi connectivity index (χ0) is 13.7. The van der Waals surface area contributed by atoms with E-state index in [0.717, 1.165) is 41.6 Å². The minimum absolute atomic E-state index is 0.370. The molecule has 0 spiro atoms. The zero-order valence-electron chi connectivity index (χ0n) is 11.9. The van der Waals surface area contributed by atoms with E-state index in [2.05, 4.69) is 70.7 Å². The Hall–Kier alpha value is -0.840. The molecule has 0 amide bonds. The van der Waals surface area contributed by atoms with E-state index in [1.54, 1.807) is 0 Å². The summed E-state index contributed by atoms with van der Waals surface area (Å²) in [5.41, 5.74) is 1.06. The van der Waals surface area contributed by atoms with E-state index in [1.807, 2.05) is 0 Å². The van der Waals surface area contributed by atoms with Crippen molar-refractivity contribution in [1.29, 1.82) is 0 Å². The van der Waals surface area contributed by atoms with E-state index in [4.69, 9.17) is 0 Å². The Balaban J connectivity index is 3.27. The molecule has 0 aliphatic heterocycles. The molecule has 0 radical (unpaired) electrons. The number of halogens is 1. The molecule has 1 rings (SSSR count). The summed E-state index contributed by atoms with van der Waals surface area (Å²) in [6.45, 7) is 13.3. The summed E-state index contributed by atoms with van der Waals surface area (Å²) >= 11 is 3.60. The molecule has 18 heavy (non-hydrogen) atoms. The van der Waals surface area contributed by atoms with E-state index >= 15 is 0 Å². The molecule has 0 aromatic carbocycles. The lowest BCUT2D eigenvalue weighted by Crippen LogP contribution is -2.25. The summed E-state index contributed by atoms with van der Waals surface area (Å²) in [6, 6.07) is 0. The third kappa shape index (κ3) is 3.34. The number of hydrogen-bond acceptors (Lipinski definition) is 4. The minimum atomic E-state index is 0.370. The number of nitrogens with zero attached hydrogens (tertiary/aromatic N) is 3. The van der Waals surface area contributed by atoms with Gasteiger partial charge in [0.25, 0.3) is 0 Å². The van der Waals surface area contributed by atoms with Crippen molar-refractivity contribution in [3.8, 4) is 0 Å². The molecule has 5 heteroatoms. The molecule has 1 aromatic rings. The first-order chi connectivity index (χ1) is 8.54. The topological polar surface area (TPSA) is 41.1 Å². The first-order valence-electron chi connectivity index (χ1n) is 6.61. The number of anilines is 2. The average molecular weight is 315 g/mol. The lowest BCUT2D eigenvalue weighted by Gasteiger charge is -2.22. The van der Waals surface area contributed by atoms with Crippen molar-refractivity contribution >= 4 is 27.7 Å². The van der Waals surface area contributed by atoms with Crippen LogP contribution >= 0.6 is 15.9 Å². The van der Waals surface area contributed by atoms with Gasteiger partial charge >= 0.3 is 0 Å². The van der Waals surface area contributed by atoms with Gasteiger partial charge in [0, 0.05) is 19.6 Å². The number of rotatable bonds is 6. The molecule has 0 saturated heterocycles. The van der Waals surface area contributed by atoms with Crippen molar-refractivity contribution in [3.63, 3.8) is 0 Å². The van der Waals surface area contributed by atoms with Gasteiger partial charge in [-0.3, -0.25) is 0 Å². The maximum Gasteiger partial charge on any atom is 0.227 e. The predicted octanol–water partition coefficient (Wildman–Crippen LogP) is 3.64. The van der Waals surface area contributed by atoms with Gasteiger partial charge in [0.2, 0.25) is 5.95 Å². The van der Waals surface area contributed by atoms with Crippen molar-refractivity contribution in [3.05, 3.63) is 10.2 Å². The molecule has 0 bridgehead atoms. The Morgan fingerprint density at radius 2 is 1.78 bits per heavy atom. The Morgan fingerprint density at radius 3 is 2.22 bits per heavy atom. The molecule has 102 valence electrons. The Kier molecular flexibility index (Phi) is 5.85. The summed E-state index contributed by atoms with van der Waals surface area (Å²) in [4.78, 5) is 11.5. The lowest BCUT2D eigenvalue weighted by atomic mass is 10.1. The highest BCUT2D eigenvalue weighted by Crippen LogP contribution is 2.30. The molecule has 0 unspecified atom stereocenters. The monoisotopic (exact) mass is 314 g/mol. The van der Waals surface area contributed by atoms with Gasteiger partial charge in [0.05, 0.1) is 10.2 Å². The molecule has 1 heterocycles. The van der Waals surface area contributed by atoms with E-state index in [9.17, 15) is 0 Å². The van der Waals surface area contributed by atoms with Crippen LogP contribution in [0.3, 0.4) is 0 Å². The van der Waals surface area contributed by atoms with Gasteiger partial charge in [-0.05, 0) is 42.6 Å². The fourth-order valence-electron chi connectivity index (χ4n) is 1.77. The molecule has 1 aromatic heterocycles. The van der Waals surface area contributed by atoms with Gasteiger partial charge in [-0.15, -0.1) is 0 Å². The van der Waals surface area contributed by atoms with Gasteiger partial charge in [-0.2, -0.15) is 4.98 Å². The smallest absolute Gasteiger partial charge is 0.227 e. The SMILES string of the molecule is CCNc1nc(N(CC)CC)nc(C(C)C)c1Br. The average Bonchev–Trinajstić information content (AvgIpc) is 2.34. The number of nitrogens with one attached hydrogen (secondary N) is 1. The van der Waals surface area contributed by atoms with Crippen LogP contribution in [0.1, 0.15) is 46.2 Å². The maximum atomic E-state index is 4.68. The van der Waals surface area contributed by atoms with Crippen molar-refractivity contribution in [2.24, 2.45) is 0 Å². The van der Waals surface area contributed by atoms with Gasteiger partial charge in [0.15, 0.2) is 0 Å². The molecule has 4 nitrogen and oxygen atoms in total.